The number of thiazole rings is 1. The van der Waals surface area contributed by atoms with Crippen molar-refractivity contribution in [3.8, 4) is 6.07 Å². The molecule has 0 aliphatic rings. The molecule has 0 radical (unpaired) electrons. The molecule has 0 fully saturated rings. The van der Waals surface area contributed by atoms with Gasteiger partial charge in [-0.25, -0.2) is 4.98 Å². The van der Waals surface area contributed by atoms with E-state index in [1.54, 1.807) is 6.92 Å². The molecule has 14 heavy (non-hydrogen) atoms. The van der Waals surface area contributed by atoms with Crippen LogP contribution < -0.4 is 5.32 Å². The molecule has 1 rings (SSSR count). The third-order valence-corrected chi connectivity index (χ3v) is 2.61. The number of hydrogen-bond donors (Lipinski definition) is 1. The minimum Gasteiger partial charge on any atom is -0.301 e. The molecule has 5 heteroatoms. The van der Waals surface area contributed by atoms with Crippen LogP contribution in [0, 0.1) is 24.2 Å². The molecule has 0 bridgehead atoms. The molecule has 1 amide bonds. The largest absolute Gasteiger partial charge is 0.301 e. The van der Waals surface area contributed by atoms with Crippen LogP contribution >= 0.6 is 11.3 Å². The summed E-state index contributed by atoms with van der Waals surface area (Å²) in [5, 5.41) is 13.7. The van der Waals surface area contributed by atoms with Gasteiger partial charge in [0, 0.05) is 5.38 Å². The van der Waals surface area contributed by atoms with Gasteiger partial charge in [-0.3, -0.25) is 4.79 Å². The Morgan fingerprint density at radius 3 is 3.00 bits per heavy atom. The number of anilines is 1. The van der Waals surface area contributed by atoms with Gasteiger partial charge in [0.15, 0.2) is 5.13 Å². The highest BCUT2D eigenvalue weighted by Gasteiger charge is 2.16. The van der Waals surface area contributed by atoms with Gasteiger partial charge in [-0.05, 0) is 13.3 Å². The molecular weight excluding hydrogens is 198 g/mol. The Kier molecular flexibility index (Phi) is 3.60. The number of carbonyl (C=O) groups excluding carboxylic acids is 1. The van der Waals surface area contributed by atoms with E-state index in [0.717, 1.165) is 5.69 Å². The number of nitrogens with zero attached hydrogens (tertiary/aromatic N) is 2. The van der Waals surface area contributed by atoms with E-state index in [0.29, 0.717) is 11.6 Å². The monoisotopic (exact) mass is 209 g/mol. The average Bonchev–Trinajstić information content (AvgIpc) is 2.53. The van der Waals surface area contributed by atoms with Gasteiger partial charge < -0.3 is 5.32 Å². The molecule has 1 N–H and O–H groups in total. The summed E-state index contributed by atoms with van der Waals surface area (Å²) in [6.07, 6.45) is 0.521. The van der Waals surface area contributed by atoms with E-state index < -0.39 is 5.92 Å². The molecule has 1 unspecified atom stereocenters. The number of amides is 1. The van der Waals surface area contributed by atoms with Crippen LogP contribution in [0.5, 0.6) is 0 Å². The molecule has 0 spiro atoms. The molecule has 1 aromatic heterocycles. The highest BCUT2D eigenvalue weighted by Crippen LogP contribution is 2.15. The maximum Gasteiger partial charge on any atom is 0.243 e. The fourth-order valence-electron chi connectivity index (χ4n) is 0.939. The number of rotatable bonds is 3. The summed E-state index contributed by atoms with van der Waals surface area (Å²) in [7, 11) is 0. The number of nitrogens with one attached hydrogen (secondary N) is 1. The lowest BCUT2D eigenvalue weighted by molar-refractivity contribution is -0.118. The number of carbonyl (C=O) groups is 1. The van der Waals surface area contributed by atoms with Crippen molar-refractivity contribution in [2.75, 3.05) is 5.32 Å². The van der Waals surface area contributed by atoms with Crippen molar-refractivity contribution in [2.45, 2.75) is 20.3 Å². The quantitative estimate of drug-likeness (QED) is 0.827. The van der Waals surface area contributed by atoms with Crippen LogP contribution in [0.15, 0.2) is 5.38 Å². The SMILES string of the molecule is CCC(C#N)C(=O)Nc1nc(C)cs1. The summed E-state index contributed by atoms with van der Waals surface area (Å²) >= 11 is 1.36. The van der Waals surface area contributed by atoms with Gasteiger partial charge in [0.2, 0.25) is 5.91 Å². The van der Waals surface area contributed by atoms with E-state index in [9.17, 15) is 4.79 Å². The molecule has 0 aliphatic carbocycles. The zero-order valence-electron chi connectivity index (χ0n) is 8.07. The van der Waals surface area contributed by atoms with Crippen LogP contribution in [0.3, 0.4) is 0 Å². The van der Waals surface area contributed by atoms with Gasteiger partial charge in [0.1, 0.15) is 5.92 Å². The van der Waals surface area contributed by atoms with Crippen molar-refractivity contribution < 1.29 is 4.79 Å². The summed E-state index contributed by atoms with van der Waals surface area (Å²) in [4.78, 5) is 15.5. The lowest BCUT2D eigenvalue weighted by Gasteiger charge is -2.04. The van der Waals surface area contributed by atoms with Gasteiger partial charge in [0.05, 0.1) is 11.8 Å². The topological polar surface area (TPSA) is 65.8 Å². The first-order chi connectivity index (χ1) is 6.67. The van der Waals surface area contributed by atoms with E-state index in [2.05, 4.69) is 10.3 Å². The van der Waals surface area contributed by atoms with Gasteiger partial charge in [-0.2, -0.15) is 5.26 Å². The molecule has 4 nitrogen and oxygen atoms in total. The Hall–Kier alpha value is -1.41. The molecule has 1 atom stereocenters. The normalized spacial score (nSPS) is 11.8. The number of aromatic nitrogens is 1. The third kappa shape index (κ3) is 2.54. The molecule has 0 saturated heterocycles. The zero-order valence-corrected chi connectivity index (χ0v) is 8.89. The molecule has 0 saturated carbocycles. The first-order valence-corrected chi connectivity index (χ1v) is 5.18. The Morgan fingerprint density at radius 2 is 2.57 bits per heavy atom. The Morgan fingerprint density at radius 1 is 1.86 bits per heavy atom. The van der Waals surface area contributed by atoms with Crippen LogP contribution in [0.25, 0.3) is 0 Å². The summed E-state index contributed by atoms with van der Waals surface area (Å²) in [6, 6.07) is 1.94. The van der Waals surface area contributed by atoms with Crippen molar-refractivity contribution in [3.05, 3.63) is 11.1 Å². The maximum atomic E-state index is 11.4. The molecule has 74 valence electrons. The fourth-order valence-corrected chi connectivity index (χ4v) is 1.63. The third-order valence-electron chi connectivity index (χ3n) is 1.73. The van der Waals surface area contributed by atoms with Crippen molar-refractivity contribution in [1.82, 2.24) is 4.98 Å². The van der Waals surface area contributed by atoms with E-state index in [1.807, 2.05) is 18.4 Å². The molecule has 1 heterocycles. The van der Waals surface area contributed by atoms with E-state index >= 15 is 0 Å². The smallest absolute Gasteiger partial charge is 0.243 e. The molecule has 1 aromatic rings. The van der Waals surface area contributed by atoms with Gasteiger partial charge in [0.25, 0.3) is 0 Å². The van der Waals surface area contributed by atoms with Crippen LogP contribution in [0.2, 0.25) is 0 Å². The molecule has 0 aromatic carbocycles. The van der Waals surface area contributed by atoms with Crippen molar-refractivity contribution in [1.29, 1.82) is 5.26 Å². The highest BCUT2D eigenvalue weighted by molar-refractivity contribution is 7.13. The Balaban J connectivity index is 2.62. The van der Waals surface area contributed by atoms with Crippen LogP contribution in [0.1, 0.15) is 19.0 Å². The summed E-state index contributed by atoms with van der Waals surface area (Å²) < 4.78 is 0. The van der Waals surface area contributed by atoms with Crippen LogP contribution in [0.4, 0.5) is 5.13 Å². The van der Waals surface area contributed by atoms with Gasteiger partial charge >= 0.3 is 0 Å². The lowest BCUT2D eigenvalue weighted by Crippen LogP contribution is -2.20. The predicted octanol–water partition coefficient (Wildman–Crippen LogP) is 1.94. The molecular formula is C9H11N3OS. The summed E-state index contributed by atoms with van der Waals surface area (Å²) in [5.41, 5.74) is 0.871. The number of hydrogen-bond acceptors (Lipinski definition) is 4. The first-order valence-electron chi connectivity index (χ1n) is 4.30. The second-order valence-electron chi connectivity index (χ2n) is 2.87. The van der Waals surface area contributed by atoms with Crippen LogP contribution in [-0.4, -0.2) is 10.9 Å². The predicted molar refractivity (Wildman–Crippen MR) is 54.9 cm³/mol. The second-order valence-corrected chi connectivity index (χ2v) is 3.73. The van der Waals surface area contributed by atoms with Crippen molar-refractivity contribution in [2.24, 2.45) is 5.92 Å². The van der Waals surface area contributed by atoms with Crippen LogP contribution in [-0.2, 0) is 4.79 Å². The Labute approximate surface area is 86.6 Å². The lowest BCUT2D eigenvalue weighted by atomic mass is 10.1. The summed E-state index contributed by atoms with van der Waals surface area (Å²) in [5.74, 6) is -0.858. The van der Waals surface area contributed by atoms with Crippen molar-refractivity contribution >= 4 is 22.4 Å². The highest BCUT2D eigenvalue weighted by atomic mass is 32.1. The van der Waals surface area contributed by atoms with E-state index in [-0.39, 0.29) is 5.91 Å². The second kappa shape index (κ2) is 4.72. The first kappa shape index (κ1) is 10.7. The van der Waals surface area contributed by atoms with E-state index in [1.165, 1.54) is 11.3 Å². The maximum absolute atomic E-state index is 11.4. The van der Waals surface area contributed by atoms with E-state index in [4.69, 9.17) is 5.26 Å². The molecule has 0 aliphatic heterocycles. The minimum absolute atomic E-state index is 0.274. The van der Waals surface area contributed by atoms with Gasteiger partial charge in [-0.1, -0.05) is 6.92 Å². The fraction of sp³-hybridized carbons (Fsp3) is 0.444. The standard InChI is InChI=1S/C9H11N3OS/c1-3-7(4-10)8(13)12-9-11-6(2)5-14-9/h5,7H,3H2,1-2H3,(H,11,12,13). The average molecular weight is 209 g/mol. The Bertz CT molecular complexity index is 366. The number of aryl methyl sites for hydroxylation is 1. The van der Waals surface area contributed by atoms with Crippen molar-refractivity contribution in [3.63, 3.8) is 0 Å². The summed E-state index contributed by atoms with van der Waals surface area (Å²) in [6.45, 7) is 3.66. The minimum atomic E-state index is -0.584. The zero-order chi connectivity index (χ0) is 10.6. The number of nitriles is 1. The van der Waals surface area contributed by atoms with Gasteiger partial charge in [-0.15, -0.1) is 11.3 Å².